The first-order valence-corrected chi connectivity index (χ1v) is 5.11. The molecule has 0 atom stereocenters. The first kappa shape index (κ1) is 12.0. The van der Waals surface area contributed by atoms with Gasteiger partial charge in [-0.1, -0.05) is 15.9 Å². The minimum absolute atomic E-state index is 0.000894. The maximum atomic E-state index is 12.0. The first-order chi connectivity index (χ1) is 7.13. The van der Waals surface area contributed by atoms with Crippen molar-refractivity contribution in [3.63, 3.8) is 0 Å². The van der Waals surface area contributed by atoms with E-state index < -0.39 is 12.8 Å². The van der Waals surface area contributed by atoms with E-state index in [0.29, 0.717) is 17.7 Å². The van der Waals surface area contributed by atoms with Crippen molar-refractivity contribution in [3.05, 3.63) is 28.2 Å². The number of aliphatic carboxylic acids is 1. The van der Waals surface area contributed by atoms with E-state index in [-0.39, 0.29) is 6.42 Å². The average Bonchev–Trinajstić information content (AvgIpc) is 2.18. The molecule has 0 aliphatic heterocycles. The molecule has 0 aromatic heterocycles. The van der Waals surface area contributed by atoms with E-state index in [4.69, 9.17) is 9.84 Å². The van der Waals surface area contributed by atoms with Crippen molar-refractivity contribution in [1.29, 1.82) is 0 Å². The third-order valence-corrected chi connectivity index (χ3v) is 2.33. The lowest BCUT2D eigenvalue weighted by Crippen LogP contribution is -2.00. The molecule has 0 saturated heterocycles. The summed E-state index contributed by atoms with van der Waals surface area (Å²) in [6.07, 6.45) is 0.323. The van der Waals surface area contributed by atoms with Gasteiger partial charge in [0.25, 0.3) is 0 Å². The van der Waals surface area contributed by atoms with Gasteiger partial charge < -0.3 is 9.84 Å². The Morgan fingerprint density at radius 2 is 2.27 bits per heavy atom. The fourth-order valence-electron chi connectivity index (χ4n) is 1.18. The summed E-state index contributed by atoms with van der Waals surface area (Å²) in [6, 6.07) is 5.06. The van der Waals surface area contributed by atoms with Crippen LogP contribution in [0, 0.1) is 0 Å². The molecule has 5 heteroatoms. The van der Waals surface area contributed by atoms with E-state index in [9.17, 15) is 9.18 Å². The van der Waals surface area contributed by atoms with Gasteiger partial charge in [-0.05, 0) is 30.2 Å². The van der Waals surface area contributed by atoms with Crippen molar-refractivity contribution >= 4 is 21.9 Å². The molecule has 0 unspecified atom stereocenters. The molecular formula is C10H10BrFO3. The van der Waals surface area contributed by atoms with Crippen LogP contribution in [0.4, 0.5) is 4.39 Å². The number of carboxylic acid groups (broad SMARTS) is 1. The number of alkyl halides is 1. The van der Waals surface area contributed by atoms with Gasteiger partial charge in [-0.25, -0.2) is 4.39 Å². The summed E-state index contributed by atoms with van der Waals surface area (Å²) in [5, 5.41) is 8.54. The SMILES string of the molecule is O=C(O)CCc1cc(Br)ccc1OCF. The molecule has 0 spiro atoms. The highest BCUT2D eigenvalue weighted by Crippen LogP contribution is 2.24. The zero-order chi connectivity index (χ0) is 11.3. The smallest absolute Gasteiger partial charge is 0.303 e. The second-order valence-electron chi connectivity index (χ2n) is 2.90. The molecule has 0 fully saturated rings. The zero-order valence-electron chi connectivity index (χ0n) is 7.87. The maximum absolute atomic E-state index is 12.0. The molecule has 3 nitrogen and oxygen atoms in total. The number of carboxylic acids is 1. The number of ether oxygens (including phenoxy) is 1. The predicted octanol–water partition coefficient (Wildman–Crippen LogP) is 2.77. The van der Waals surface area contributed by atoms with E-state index in [1.165, 1.54) is 0 Å². The molecule has 0 radical (unpaired) electrons. The summed E-state index contributed by atoms with van der Waals surface area (Å²) < 4.78 is 17.6. The Hall–Kier alpha value is -1.10. The van der Waals surface area contributed by atoms with Gasteiger partial charge >= 0.3 is 5.97 Å². The van der Waals surface area contributed by atoms with Crippen LogP contribution in [0.25, 0.3) is 0 Å². The number of hydrogen-bond acceptors (Lipinski definition) is 2. The molecule has 15 heavy (non-hydrogen) atoms. The van der Waals surface area contributed by atoms with Gasteiger partial charge in [0.05, 0.1) is 0 Å². The Kier molecular flexibility index (Phi) is 4.55. The average molecular weight is 277 g/mol. The van der Waals surface area contributed by atoms with Crippen LogP contribution in [-0.4, -0.2) is 17.9 Å². The van der Waals surface area contributed by atoms with Gasteiger partial charge in [0.1, 0.15) is 5.75 Å². The van der Waals surface area contributed by atoms with Crippen molar-refractivity contribution in [2.24, 2.45) is 0 Å². The van der Waals surface area contributed by atoms with Crippen molar-refractivity contribution in [2.45, 2.75) is 12.8 Å². The number of halogens is 2. The highest BCUT2D eigenvalue weighted by atomic mass is 79.9. The van der Waals surface area contributed by atoms with E-state index in [1.54, 1.807) is 18.2 Å². The lowest BCUT2D eigenvalue weighted by atomic mass is 10.1. The highest BCUT2D eigenvalue weighted by Gasteiger charge is 2.06. The summed E-state index contributed by atoms with van der Waals surface area (Å²) in [4.78, 5) is 10.4. The first-order valence-electron chi connectivity index (χ1n) is 4.32. The van der Waals surface area contributed by atoms with Crippen LogP contribution >= 0.6 is 15.9 Å². The fraction of sp³-hybridized carbons (Fsp3) is 0.300. The minimum atomic E-state index is -0.915. The molecule has 0 saturated carbocycles. The minimum Gasteiger partial charge on any atom is -0.481 e. The van der Waals surface area contributed by atoms with Crippen LogP contribution < -0.4 is 4.74 Å². The van der Waals surface area contributed by atoms with E-state index >= 15 is 0 Å². The molecule has 1 N–H and O–H groups in total. The van der Waals surface area contributed by atoms with Crippen molar-refractivity contribution in [3.8, 4) is 5.75 Å². The van der Waals surface area contributed by atoms with Crippen LogP contribution in [0.3, 0.4) is 0 Å². The van der Waals surface area contributed by atoms with Gasteiger partial charge in [-0.3, -0.25) is 4.79 Å². The molecular weight excluding hydrogens is 267 g/mol. The van der Waals surface area contributed by atoms with Gasteiger partial charge in [0, 0.05) is 10.9 Å². The number of carbonyl (C=O) groups is 1. The third-order valence-electron chi connectivity index (χ3n) is 1.84. The third kappa shape index (κ3) is 3.87. The topological polar surface area (TPSA) is 46.5 Å². The standard InChI is InChI=1S/C10H10BrFO3/c11-8-2-3-9(15-6-12)7(5-8)1-4-10(13)14/h2-3,5H,1,4,6H2,(H,13,14). The Morgan fingerprint density at radius 3 is 2.87 bits per heavy atom. The number of hydrogen-bond donors (Lipinski definition) is 1. The molecule has 1 aromatic rings. The fourth-order valence-corrected chi connectivity index (χ4v) is 1.59. The van der Waals surface area contributed by atoms with Gasteiger partial charge in [0.15, 0.2) is 0 Å². The van der Waals surface area contributed by atoms with Gasteiger partial charge in [0.2, 0.25) is 6.86 Å². The predicted molar refractivity (Wildman–Crippen MR) is 56.7 cm³/mol. The van der Waals surface area contributed by atoms with Crippen molar-refractivity contribution in [1.82, 2.24) is 0 Å². The molecule has 0 aliphatic rings. The van der Waals surface area contributed by atoms with Crippen LogP contribution in [0.1, 0.15) is 12.0 Å². The molecule has 1 rings (SSSR count). The lowest BCUT2D eigenvalue weighted by Gasteiger charge is -2.08. The van der Waals surface area contributed by atoms with Crippen molar-refractivity contribution in [2.75, 3.05) is 6.86 Å². The summed E-state index contributed by atoms with van der Waals surface area (Å²) in [5.41, 5.74) is 0.685. The maximum Gasteiger partial charge on any atom is 0.303 e. The number of benzene rings is 1. The monoisotopic (exact) mass is 276 g/mol. The number of rotatable bonds is 5. The molecule has 1 aromatic carbocycles. The van der Waals surface area contributed by atoms with Crippen LogP contribution in [0.2, 0.25) is 0 Å². The second kappa shape index (κ2) is 5.70. The molecule has 0 aliphatic carbocycles. The Labute approximate surface area is 95.0 Å². The van der Waals surface area contributed by atoms with Crippen LogP contribution in [0.5, 0.6) is 5.75 Å². The van der Waals surface area contributed by atoms with Crippen molar-refractivity contribution < 1.29 is 19.0 Å². The lowest BCUT2D eigenvalue weighted by molar-refractivity contribution is -0.136. The molecule has 0 bridgehead atoms. The summed E-state index contributed by atoms with van der Waals surface area (Å²) in [5.74, 6) is -0.497. The summed E-state index contributed by atoms with van der Waals surface area (Å²) in [7, 11) is 0. The van der Waals surface area contributed by atoms with E-state index in [1.807, 2.05) is 0 Å². The van der Waals surface area contributed by atoms with Crippen LogP contribution in [0.15, 0.2) is 22.7 Å². The van der Waals surface area contributed by atoms with Gasteiger partial charge in [-0.15, -0.1) is 0 Å². The summed E-state index contributed by atoms with van der Waals surface area (Å²) in [6.45, 7) is -0.915. The molecule has 0 heterocycles. The molecule has 82 valence electrons. The normalized spacial score (nSPS) is 10.0. The molecule has 0 amide bonds. The Morgan fingerprint density at radius 1 is 1.53 bits per heavy atom. The van der Waals surface area contributed by atoms with E-state index in [2.05, 4.69) is 15.9 Å². The number of aryl methyl sites for hydroxylation is 1. The Balaban J connectivity index is 2.81. The largest absolute Gasteiger partial charge is 0.481 e. The van der Waals surface area contributed by atoms with Crippen LogP contribution in [-0.2, 0) is 11.2 Å². The van der Waals surface area contributed by atoms with E-state index in [0.717, 1.165) is 4.47 Å². The summed E-state index contributed by atoms with van der Waals surface area (Å²) >= 11 is 3.26. The second-order valence-corrected chi connectivity index (χ2v) is 3.81. The highest BCUT2D eigenvalue weighted by molar-refractivity contribution is 9.10. The van der Waals surface area contributed by atoms with Gasteiger partial charge in [-0.2, -0.15) is 0 Å². The zero-order valence-corrected chi connectivity index (χ0v) is 9.46. The quantitative estimate of drug-likeness (QED) is 0.900. The Bertz CT molecular complexity index is 355.